The average Bonchev–Trinajstić information content (AvgIpc) is 2.29. The Hall–Kier alpha value is -0.0800. The fourth-order valence-electron chi connectivity index (χ4n) is 2.76. The van der Waals surface area contributed by atoms with Gasteiger partial charge in [-0.15, -0.1) is 0 Å². The Morgan fingerprint density at radius 1 is 1.33 bits per heavy atom. The number of nitrogens with zero attached hydrogens (tertiary/aromatic N) is 1. The molecule has 0 aromatic heterocycles. The number of hydrogen-bond donors (Lipinski definition) is 1. The van der Waals surface area contributed by atoms with Crippen molar-refractivity contribution in [1.29, 1.82) is 0 Å². The number of likely N-dealkylation sites (tertiary alicyclic amines) is 1. The molecule has 0 aromatic rings. The fourth-order valence-corrected chi connectivity index (χ4v) is 2.76. The smallest absolute Gasteiger partial charge is 0.0663 e. The lowest BCUT2D eigenvalue weighted by Gasteiger charge is -2.29. The Morgan fingerprint density at radius 3 is 2.73 bits per heavy atom. The highest BCUT2D eigenvalue weighted by Gasteiger charge is 2.30. The van der Waals surface area contributed by atoms with Gasteiger partial charge in [-0.1, -0.05) is 26.7 Å². The minimum absolute atomic E-state index is 0.376. The van der Waals surface area contributed by atoms with Gasteiger partial charge >= 0.3 is 0 Å². The Bertz CT molecular complexity index is 183. The van der Waals surface area contributed by atoms with E-state index in [2.05, 4.69) is 25.8 Å². The third kappa shape index (κ3) is 4.52. The maximum Gasteiger partial charge on any atom is 0.0663 e. The molecule has 0 saturated carbocycles. The van der Waals surface area contributed by atoms with Crippen molar-refractivity contribution in [2.24, 2.45) is 5.92 Å². The monoisotopic (exact) mass is 213 g/mol. The van der Waals surface area contributed by atoms with Crippen molar-refractivity contribution in [3.63, 3.8) is 0 Å². The van der Waals surface area contributed by atoms with Gasteiger partial charge in [0.1, 0.15) is 0 Å². The Labute approximate surface area is 94.7 Å². The summed E-state index contributed by atoms with van der Waals surface area (Å²) in [7, 11) is 2.15. The van der Waals surface area contributed by atoms with Crippen LogP contribution in [0.4, 0.5) is 0 Å². The van der Waals surface area contributed by atoms with Gasteiger partial charge in [-0.25, -0.2) is 0 Å². The van der Waals surface area contributed by atoms with Gasteiger partial charge in [0.2, 0.25) is 0 Å². The predicted octanol–water partition coefficient (Wildman–Crippen LogP) is 2.66. The van der Waals surface area contributed by atoms with Crippen molar-refractivity contribution in [2.45, 2.75) is 58.0 Å². The summed E-state index contributed by atoms with van der Waals surface area (Å²) in [5, 5.41) is 10.5. The van der Waals surface area contributed by atoms with Crippen molar-refractivity contribution in [1.82, 2.24) is 4.90 Å². The second-order valence-electron chi connectivity index (χ2n) is 5.48. The lowest BCUT2D eigenvalue weighted by Crippen LogP contribution is -2.32. The molecule has 1 heterocycles. The normalized spacial score (nSPS) is 31.2. The highest BCUT2D eigenvalue weighted by molar-refractivity contribution is 4.84. The molecule has 90 valence electrons. The van der Waals surface area contributed by atoms with Gasteiger partial charge in [0.25, 0.3) is 0 Å². The van der Waals surface area contributed by atoms with Gasteiger partial charge in [0.05, 0.1) is 5.60 Å². The SMILES string of the molecule is CCCC(C)CC1(O)CCCN(C)CC1. The molecule has 0 amide bonds. The Kier molecular flexibility index (Phi) is 5.07. The van der Waals surface area contributed by atoms with Crippen LogP contribution >= 0.6 is 0 Å². The molecule has 2 atom stereocenters. The summed E-state index contributed by atoms with van der Waals surface area (Å²) in [6, 6.07) is 0. The van der Waals surface area contributed by atoms with Crippen molar-refractivity contribution < 1.29 is 5.11 Å². The average molecular weight is 213 g/mol. The van der Waals surface area contributed by atoms with Crippen molar-refractivity contribution in [3.05, 3.63) is 0 Å². The van der Waals surface area contributed by atoms with Gasteiger partial charge in [-0.05, 0) is 45.2 Å². The van der Waals surface area contributed by atoms with Crippen LogP contribution < -0.4 is 0 Å². The van der Waals surface area contributed by atoms with Crippen LogP contribution in [0, 0.1) is 5.92 Å². The van der Waals surface area contributed by atoms with Crippen LogP contribution in [0.3, 0.4) is 0 Å². The van der Waals surface area contributed by atoms with Gasteiger partial charge in [-0.2, -0.15) is 0 Å². The summed E-state index contributed by atoms with van der Waals surface area (Å²) in [5.74, 6) is 0.670. The summed E-state index contributed by atoms with van der Waals surface area (Å²) in [6.45, 7) is 6.69. The zero-order chi connectivity index (χ0) is 11.3. The van der Waals surface area contributed by atoms with Crippen molar-refractivity contribution in [2.75, 3.05) is 20.1 Å². The van der Waals surface area contributed by atoms with Crippen LogP contribution in [-0.2, 0) is 0 Å². The van der Waals surface area contributed by atoms with Crippen molar-refractivity contribution >= 4 is 0 Å². The molecule has 1 N–H and O–H groups in total. The van der Waals surface area contributed by atoms with E-state index < -0.39 is 0 Å². The summed E-state index contributed by atoms with van der Waals surface area (Å²) in [5.41, 5.74) is -0.376. The zero-order valence-electron chi connectivity index (χ0n) is 10.6. The van der Waals surface area contributed by atoms with Crippen LogP contribution in [0.15, 0.2) is 0 Å². The molecule has 2 unspecified atom stereocenters. The third-order valence-electron chi connectivity index (χ3n) is 3.65. The molecule has 15 heavy (non-hydrogen) atoms. The highest BCUT2D eigenvalue weighted by Crippen LogP contribution is 2.30. The fraction of sp³-hybridized carbons (Fsp3) is 1.00. The maximum absolute atomic E-state index is 10.5. The second-order valence-corrected chi connectivity index (χ2v) is 5.48. The molecule has 0 aromatic carbocycles. The molecular formula is C13H27NO. The van der Waals surface area contributed by atoms with Gasteiger partial charge in [-0.3, -0.25) is 0 Å². The molecule has 0 bridgehead atoms. The molecule has 0 radical (unpaired) electrons. The maximum atomic E-state index is 10.5. The molecular weight excluding hydrogens is 186 g/mol. The van der Waals surface area contributed by atoms with E-state index in [9.17, 15) is 5.11 Å². The first-order valence-corrected chi connectivity index (χ1v) is 6.46. The molecule has 2 heteroatoms. The van der Waals surface area contributed by atoms with E-state index >= 15 is 0 Å². The molecule has 2 nitrogen and oxygen atoms in total. The van der Waals surface area contributed by atoms with E-state index in [-0.39, 0.29) is 5.60 Å². The minimum Gasteiger partial charge on any atom is -0.390 e. The second kappa shape index (κ2) is 5.86. The quantitative estimate of drug-likeness (QED) is 0.776. The van der Waals surface area contributed by atoms with Crippen LogP contribution in [-0.4, -0.2) is 35.7 Å². The number of rotatable bonds is 4. The Balaban J connectivity index is 2.42. The molecule has 1 fully saturated rings. The first-order chi connectivity index (χ1) is 7.06. The molecule has 1 aliphatic heterocycles. The minimum atomic E-state index is -0.376. The molecule has 1 rings (SSSR count). The van der Waals surface area contributed by atoms with E-state index in [0.717, 1.165) is 38.8 Å². The van der Waals surface area contributed by atoms with Crippen LogP contribution in [0.5, 0.6) is 0 Å². The van der Waals surface area contributed by atoms with Crippen LogP contribution in [0.2, 0.25) is 0 Å². The molecule has 1 saturated heterocycles. The topological polar surface area (TPSA) is 23.5 Å². The van der Waals surface area contributed by atoms with E-state index in [1.807, 2.05) is 0 Å². The largest absolute Gasteiger partial charge is 0.390 e. The number of aliphatic hydroxyl groups is 1. The Morgan fingerprint density at radius 2 is 2.07 bits per heavy atom. The van der Waals surface area contributed by atoms with E-state index in [4.69, 9.17) is 0 Å². The third-order valence-corrected chi connectivity index (χ3v) is 3.65. The summed E-state index contributed by atoms with van der Waals surface area (Å²) >= 11 is 0. The zero-order valence-corrected chi connectivity index (χ0v) is 10.6. The van der Waals surface area contributed by atoms with E-state index in [1.54, 1.807) is 0 Å². The molecule has 0 aliphatic carbocycles. The van der Waals surface area contributed by atoms with E-state index in [0.29, 0.717) is 5.92 Å². The lowest BCUT2D eigenvalue weighted by molar-refractivity contribution is 0.00330. The van der Waals surface area contributed by atoms with Crippen molar-refractivity contribution in [3.8, 4) is 0 Å². The van der Waals surface area contributed by atoms with Gasteiger partial charge in [0.15, 0.2) is 0 Å². The highest BCUT2D eigenvalue weighted by atomic mass is 16.3. The first-order valence-electron chi connectivity index (χ1n) is 6.46. The van der Waals surface area contributed by atoms with Crippen LogP contribution in [0.25, 0.3) is 0 Å². The molecule has 0 spiro atoms. The molecule has 1 aliphatic rings. The van der Waals surface area contributed by atoms with Gasteiger partial charge in [0, 0.05) is 6.54 Å². The first kappa shape index (κ1) is 13.0. The number of hydrogen-bond acceptors (Lipinski definition) is 2. The summed E-state index contributed by atoms with van der Waals surface area (Å²) in [6.07, 6.45) is 6.57. The van der Waals surface area contributed by atoms with E-state index in [1.165, 1.54) is 12.8 Å². The lowest BCUT2D eigenvalue weighted by atomic mass is 9.84. The summed E-state index contributed by atoms with van der Waals surface area (Å²) in [4.78, 5) is 2.34. The van der Waals surface area contributed by atoms with Crippen LogP contribution in [0.1, 0.15) is 52.4 Å². The standard InChI is InChI=1S/C13H27NO/c1-4-6-12(2)11-13(15)7-5-9-14(3)10-8-13/h12,15H,4-11H2,1-3H3. The predicted molar refractivity (Wildman–Crippen MR) is 65.0 cm³/mol. The summed E-state index contributed by atoms with van der Waals surface area (Å²) < 4.78 is 0. The van der Waals surface area contributed by atoms with Gasteiger partial charge < -0.3 is 10.0 Å².